The number of benzene rings is 1. The number of fused-ring (bicyclic) bond motifs is 1. The Kier molecular flexibility index (Phi) is 5.43. The Hall–Kier alpha value is -1.69. The molecular formula is C17H24N4OS. The molecule has 1 aromatic heterocycles. The van der Waals surface area contributed by atoms with Crippen molar-refractivity contribution in [3.63, 3.8) is 0 Å². The molecule has 0 saturated heterocycles. The van der Waals surface area contributed by atoms with Crippen LogP contribution in [0.2, 0.25) is 0 Å². The monoisotopic (exact) mass is 332 g/mol. The smallest absolute Gasteiger partial charge is 0.317 e. The molecule has 2 aromatic rings. The fourth-order valence-electron chi connectivity index (χ4n) is 3.29. The minimum Gasteiger partial charge on any atom is -0.338 e. The van der Waals surface area contributed by atoms with Gasteiger partial charge in [-0.15, -0.1) is 0 Å². The van der Waals surface area contributed by atoms with Crippen molar-refractivity contribution in [1.82, 2.24) is 19.0 Å². The first-order valence-corrected chi connectivity index (χ1v) is 9.15. The normalized spacial score (nSPS) is 15.2. The molecule has 0 aliphatic heterocycles. The van der Waals surface area contributed by atoms with Crippen LogP contribution in [0.1, 0.15) is 44.1 Å². The lowest BCUT2D eigenvalue weighted by Gasteiger charge is -2.18. The lowest BCUT2D eigenvalue weighted by Crippen LogP contribution is -2.37. The number of hydrogen-bond donors (Lipinski definition) is 1. The molecule has 23 heavy (non-hydrogen) atoms. The quantitative estimate of drug-likeness (QED) is 0.819. The van der Waals surface area contributed by atoms with Gasteiger partial charge >= 0.3 is 6.03 Å². The van der Waals surface area contributed by atoms with E-state index in [1.165, 1.54) is 43.8 Å². The molecule has 6 heteroatoms. The molecular weight excluding hydrogens is 308 g/mol. The summed E-state index contributed by atoms with van der Waals surface area (Å²) in [4.78, 5) is 13.9. The van der Waals surface area contributed by atoms with Crippen molar-refractivity contribution in [3.8, 4) is 0 Å². The first-order valence-electron chi connectivity index (χ1n) is 8.42. The van der Waals surface area contributed by atoms with Crippen LogP contribution >= 0.6 is 11.7 Å². The third kappa shape index (κ3) is 4.41. The molecule has 3 rings (SSSR count). The van der Waals surface area contributed by atoms with Crippen molar-refractivity contribution >= 4 is 28.8 Å². The van der Waals surface area contributed by atoms with Crippen LogP contribution in [-0.4, -0.2) is 33.3 Å². The van der Waals surface area contributed by atoms with Crippen LogP contribution in [0.5, 0.6) is 0 Å². The number of amides is 2. The predicted molar refractivity (Wildman–Crippen MR) is 93.5 cm³/mol. The fourth-order valence-corrected chi connectivity index (χ4v) is 3.81. The molecule has 124 valence electrons. The maximum Gasteiger partial charge on any atom is 0.317 e. The van der Waals surface area contributed by atoms with E-state index < -0.39 is 0 Å². The number of urea groups is 1. The predicted octanol–water partition coefficient (Wildman–Crippen LogP) is 3.80. The molecule has 1 aromatic carbocycles. The molecule has 0 radical (unpaired) electrons. The van der Waals surface area contributed by atoms with E-state index in [2.05, 4.69) is 14.1 Å². The van der Waals surface area contributed by atoms with E-state index in [4.69, 9.17) is 0 Å². The van der Waals surface area contributed by atoms with Gasteiger partial charge in [-0.3, -0.25) is 0 Å². The second kappa shape index (κ2) is 7.73. The van der Waals surface area contributed by atoms with Crippen molar-refractivity contribution in [1.29, 1.82) is 0 Å². The van der Waals surface area contributed by atoms with Gasteiger partial charge in [0.05, 0.1) is 11.7 Å². The highest BCUT2D eigenvalue weighted by molar-refractivity contribution is 7.00. The summed E-state index contributed by atoms with van der Waals surface area (Å²) in [5.74, 6) is 0.892. The number of carbonyl (C=O) groups excluding carboxylic acids is 1. The molecule has 5 nitrogen and oxygen atoms in total. The minimum atomic E-state index is -0.00655. The Morgan fingerprint density at radius 3 is 2.91 bits per heavy atom. The Bertz CT molecular complexity index is 651. The van der Waals surface area contributed by atoms with Crippen LogP contribution in [-0.2, 0) is 6.54 Å². The summed E-state index contributed by atoms with van der Waals surface area (Å²) >= 11 is 1.22. The van der Waals surface area contributed by atoms with Gasteiger partial charge in [0, 0.05) is 20.1 Å². The van der Waals surface area contributed by atoms with E-state index in [9.17, 15) is 4.79 Å². The van der Waals surface area contributed by atoms with Gasteiger partial charge in [-0.2, -0.15) is 8.75 Å². The minimum absolute atomic E-state index is 0.00655. The lowest BCUT2D eigenvalue weighted by atomic mass is 10.0. The van der Waals surface area contributed by atoms with Crippen LogP contribution in [0.15, 0.2) is 18.2 Å². The van der Waals surface area contributed by atoms with E-state index in [0.717, 1.165) is 35.5 Å². The van der Waals surface area contributed by atoms with Gasteiger partial charge in [-0.25, -0.2) is 4.79 Å². The summed E-state index contributed by atoms with van der Waals surface area (Å²) in [6, 6.07) is 5.96. The van der Waals surface area contributed by atoms with Gasteiger partial charge in [0.1, 0.15) is 11.0 Å². The molecule has 0 atom stereocenters. The Morgan fingerprint density at radius 2 is 2.09 bits per heavy atom. The van der Waals surface area contributed by atoms with Gasteiger partial charge in [-0.1, -0.05) is 31.7 Å². The second-order valence-corrected chi connectivity index (χ2v) is 7.00. The van der Waals surface area contributed by atoms with Gasteiger partial charge in [0.25, 0.3) is 0 Å². The average Bonchev–Trinajstić information content (AvgIpc) is 3.22. The topological polar surface area (TPSA) is 58.1 Å². The first-order chi connectivity index (χ1) is 11.2. The van der Waals surface area contributed by atoms with Crippen molar-refractivity contribution in [3.05, 3.63) is 23.8 Å². The summed E-state index contributed by atoms with van der Waals surface area (Å²) < 4.78 is 8.44. The molecule has 2 amide bonds. The highest BCUT2D eigenvalue weighted by atomic mass is 32.1. The summed E-state index contributed by atoms with van der Waals surface area (Å²) in [5.41, 5.74) is 2.89. The zero-order chi connectivity index (χ0) is 16.1. The lowest BCUT2D eigenvalue weighted by molar-refractivity contribution is 0.206. The molecule has 1 aliphatic carbocycles. The van der Waals surface area contributed by atoms with Gasteiger partial charge in [0.2, 0.25) is 0 Å². The number of hydrogen-bond acceptors (Lipinski definition) is 4. The summed E-state index contributed by atoms with van der Waals surface area (Å²) in [7, 11) is 1.83. The Morgan fingerprint density at radius 1 is 1.30 bits per heavy atom. The third-order valence-corrected chi connectivity index (χ3v) is 5.18. The maximum atomic E-state index is 12.1. The van der Waals surface area contributed by atoms with Crippen LogP contribution in [0.4, 0.5) is 4.79 Å². The van der Waals surface area contributed by atoms with Crippen LogP contribution in [0, 0.1) is 5.92 Å². The van der Waals surface area contributed by atoms with Gasteiger partial charge in [0.15, 0.2) is 0 Å². The second-order valence-electron chi connectivity index (χ2n) is 6.47. The van der Waals surface area contributed by atoms with Crippen LogP contribution < -0.4 is 5.32 Å². The largest absolute Gasteiger partial charge is 0.338 e. The van der Waals surface area contributed by atoms with Crippen LogP contribution in [0.25, 0.3) is 11.0 Å². The number of nitrogens with zero attached hydrogens (tertiary/aromatic N) is 3. The number of aromatic nitrogens is 2. The summed E-state index contributed by atoms with van der Waals surface area (Å²) in [6.45, 7) is 1.36. The maximum absolute atomic E-state index is 12.1. The Balaban J connectivity index is 1.41. The number of nitrogens with one attached hydrogen (secondary N) is 1. The molecule has 0 bridgehead atoms. The van der Waals surface area contributed by atoms with E-state index in [-0.39, 0.29) is 6.03 Å². The highest BCUT2D eigenvalue weighted by Crippen LogP contribution is 2.28. The first kappa shape index (κ1) is 16.2. The number of rotatable bonds is 6. The zero-order valence-electron chi connectivity index (χ0n) is 13.6. The summed E-state index contributed by atoms with van der Waals surface area (Å²) in [6.07, 6.45) is 7.86. The standard InChI is InChI=1S/C17H24N4OS/c1-21(12-14-8-9-15-16(11-14)20-23-19-15)17(22)18-10-4-7-13-5-2-3-6-13/h8-9,11,13H,2-7,10,12H2,1H3,(H,18,22). The van der Waals surface area contributed by atoms with Crippen molar-refractivity contribution in [2.24, 2.45) is 5.92 Å². The van der Waals surface area contributed by atoms with E-state index in [0.29, 0.717) is 6.54 Å². The third-order valence-electron chi connectivity index (χ3n) is 4.62. The van der Waals surface area contributed by atoms with Crippen molar-refractivity contribution in [2.45, 2.75) is 45.1 Å². The van der Waals surface area contributed by atoms with Crippen molar-refractivity contribution < 1.29 is 4.79 Å². The molecule has 1 saturated carbocycles. The average molecular weight is 332 g/mol. The van der Waals surface area contributed by atoms with E-state index in [1.807, 2.05) is 25.2 Å². The molecule has 1 fully saturated rings. The van der Waals surface area contributed by atoms with Crippen LogP contribution in [0.3, 0.4) is 0 Å². The summed E-state index contributed by atoms with van der Waals surface area (Å²) in [5, 5.41) is 3.02. The highest BCUT2D eigenvalue weighted by Gasteiger charge is 2.15. The Labute approximate surface area is 141 Å². The van der Waals surface area contributed by atoms with E-state index in [1.54, 1.807) is 4.90 Å². The molecule has 0 spiro atoms. The fraction of sp³-hybridized carbons (Fsp3) is 0.588. The SMILES string of the molecule is CN(Cc1ccc2nsnc2c1)C(=O)NCCCC1CCCC1. The number of carbonyl (C=O) groups is 1. The zero-order valence-corrected chi connectivity index (χ0v) is 14.4. The molecule has 1 aliphatic rings. The molecule has 1 heterocycles. The van der Waals surface area contributed by atoms with Crippen molar-refractivity contribution in [2.75, 3.05) is 13.6 Å². The van der Waals surface area contributed by atoms with Gasteiger partial charge < -0.3 is 10.2 Å². The van der Waals surface area contributed by atoms with Gasteiger partial charge in [-0.05, 0) is 36.5 Å². The van der Waals surface area contributed by atoms with E-state index >= 15 is 0 Å². The molecule has 1 N–H and O–H groups in total. The molecule has 0 unspecified atom stereocenters.